The first-order chi connectivity index (χ1) is 11.4. The number of nitrogens with zero attached hydrogens (tertiary/aromatic N) is 3. The summed E-state index contributed by atoms with van der Waals surface area (Å²) in [5.41, 5.74) is 1.93. The van der Waals surface area contributed by atoms with Gasteiger partial charge in [0.05, 0.1) is 12.0 Å². The van der Waals surface area contributed by atoms with Gasteiger partial charge in [-0.25, -0.2) is 9.78 Å². The van der Waals surface area contributed by atoms with E-state index in [1.807, 2.05) is 18.7 Å². The number of aryl methyl sites for hydroxylation is 2. The molecule has 1 aromatic heterocycles. The SMILES string of the molecule is Cc1nc(C2CCN(C(=O)Cc3ccc(C(=O)O)cc3C)C2)n[nH]1. The first kappa shape index (κ1) is 16.2. The molecule has 1 unspecified atom stereocenters. The smallest absolute Gasteiger partial charge is 0.335 e. The summed E-state index contributed by atoms with van der Waals surface area (Å²) in [6.45, 7) is 5.02. The Hall–Kier alpha value is -2.70. The molecule has 2 heterocycles. The quantitative estimate of drug-likeness (QED) is 0.889. The van der Waals surface area contributed by atoms with Crippen LogP contribution in [0.4, 0.5) is 0 Å². The van der Waals surface area contributed by atoms with E-state index in [1.165, 1.54) is 0 Å². The van der Waals surface area contributed by atoms with Gasteiger partial charge in [-0.15, -0.1) is 0 Å². The average molecular weight is 328 g/mol. The van der Waals surface area contributed by atoms with Crippen molar-refractivity contribution in [2.24, 2.45) is 0 Å². The van der Waals surface area contributed by atoms with Gasteiger partial charge in [-0.3, -0.25) is 9.89 Å². The third-order valence-corrected chi connectivity index (χ3v) is 4.45. The number of carbonyl (C=O) groups is 2. The Morgan fingerprint density at radius 2 is 2.17 bits per heavy atom. The Balaban J connectivity index is 1.64. The van der Waals surface area contributed by atoms with Crippen LogP contribution in [0.15, 0.2) is 18.2 Å². The Labute approximate surface area is 139 Å². The fourth-order valence-corrected chi connectivity index (χ4v) is 3.04. The zero-order chi connectivity index (χ0) is 17.3. The number of carbonyl (C=O) groups excluding carboxylic acids is 1. The van der Waals surface area contributed by atoms with E-state index in [1.54, 1.807) is 18.2 Å². The average Bonchev–Trinajstić information content (AvgIpc) is 3.17. The second-order valence-electron chi connectivity index (χ2n) is 6.23. The predicted molar refractivity (Wildman–Crippen MR) is 86.9 cm³/mol. The molecule has 1 fully saturated rings. The van der Waals surface area contributed by atoms with Crippen LogP contribution in [-0.2, 0) is 11.2 Å². The van der Waals surface area contributed by atoms with E-state index in [4.69, 9.17) is 5.11 Å². The molecule has 2 aromatic rings. The van der Waals surface area contributed by atoms with E-state index in [0.717, 1.165) is 29.2 Å². The van der Waals surface area contributed by atoms with Crippen LogP contribution >= 0.6 is 0 Å². The molecule has 0 spiro atoms. The maximum atomic E-state index is 12.5. The highest BCUT2D eigenvalue weighted by Crippen LogP contribution is 2.25. The largest absolute Gasteiger partial charge is 0.478 e. The van der Waals surface area contributed by atoms with E-state index in [2.05, 4.69) is 15.2 Å². The number of carboxylic acid groups (broad SMARTS) is 1. The Morgan fingerprint density at radius 3 is 2.79 bits per heavy atom. The third-order valence-electron chi connectivity index (χ3n) is 4.45. The zero-order valence-corrected chi connectivity index (χ0v) is 13.7. The van der Waals surface area contributed by atoms with E-state index >= 15 is 0 Å². The van der Waals surface area contributed by atoms with Crippen molar-refractivity contribution in [1.29, 1.82) is 0 Å². The minimum atomic E-state index is -0.958. The van der Waals surface area contributed by atoms with E-state index in [-0.39, 0.29) is 23.8 Å². The monoisotopic (exact) mass is 328 g/mol. The number of amides is 1. The number of aromatic amines is 1. The maximum Gasteiger partial charge on any atom is 0.335 e. The number of aromatic carboxylic acids is 1. The predicted octanol–water partition coefficient (Wildman–Crippen LogP) is 1.68. The summed E-state index contributed by atoms with van der Waals surface area (Å²) in [7, 11) is 0. The number of carboxylic acids is 1. The molecule has 1 amide bonds. The number of nitrogens with one attached hydrogen (secondary N) is 1. The Morgan fingerprint density at radius 1 is 1.38 bits per heavy atom. The lowest BCUT2D eigenvalue weighted by Crippen LogP contribution is -2.30. The third kappa shape index (κ3) is 3.29. The fourth-order valence-electron chi connectivity index (χ4n) is 3.04. The molecule has 0 saturated carbocycles. The van der Waals surface area contributed by atoms with Crippen LogP contribution in [0, 0.1) is 13.8 Å². The minimum Gasteiger partial charge on any atom is -0.478 e. The molecular weight excluding hydrogens is 308 g/mol. The highest BCUT2D eigenvalue weighted by atomic mass is 16.4. The lowest BCUT2D eigenvalue weighted by molar-refractivity contribution is -0.129. The van der Waals surface area contributed by atoms with Gasteiger partial charge in [-0.05, 0) is 43.5 Å². The van der Waals surface area contributed by atoms with Crippen LogP contribution in [-0.4, -0.2) is 50.2 Å². The van der Waals surface area contributed by atoms with Crippen molar-refractivity contribution in [3.05, 3.63) is 46.5 Å². The Kier molecular flexibility index (Phi) is 4.33. The molecule has 2 N–H and O–H groups in total. The first-order valence-electron chi connectivity index (χ1n) is 7.93. The first-order valence-corrected chi connectivity index (χ1v) is 7.93. The summed E-state index contributed by atoms with van der Waals surface area (Å²) in [6, 6.07) is 4.87. The lowest BCUT2D eigenvalue weighted by Gasteiger charge is -2.17. The molecule has 0 bridgehead atoms. The van der Waals surface area contributed by atoms with Crippen molar-refractivity contribution < 1.29 is 14.7 Å². The van der Waals surface area contributed by atoms with Crippen molar-refractivity contribution in [2.45, 2.75) is 32.6 Å². The fraction of sp³-hybridized carbons (Fsp3) is 0.412. The van der Waals surface area contributed by atoms with Gasteiger partial charge in [-0.2, -0.15) is 5.10 Å². The molecule has 1 aromatic carbocycles. The molecule has 1 aliphatic heterocycles. The van der Waals surface area contributed by atoms with Gasteiger partial charge in [0.1, 0.15) is 5.82 Å². The van der Waals surface area contributed by atoms with Crippen LogP contribution in [0.5, 0.6) is 0 Å². The second kappa shape index (κ2) is 6.43. The summed E-state index contributed by atoms with van der Waals surface area (Å²) in [4.78, 5) is 29.7. The number of aromatic nitrogens is 3. The van der Waals surface area contributed by atoms with Gasteiger partial charge in [0.2, 0.25) is 5.91 Å². The molecule has 24 heavy (non-hydrogen) atoms. The van der Waals surface area contributed by atoms with Gasteiger partial charge in [0, 0.05) is 19.0 Å². The molecule has 7 nitrogen and oxygen atoms in total. The number of hydrogen-bond acceptors (Lipinski definition) is 4. The van der Waals surface area contributed by atoms with Crippen molar-refractivity contribution in [1.82, 2.24) is 20.1 Å². The molecule has 0 radical (unpaired) electrons. The molecule has 1 saturated heterocycles. The summed E-state index contributed by atoms with van der Waals surface area (Å²) in [5, 5.41) is 16.0. The van der Waals surface area contributed by atoms with Gasteiger partial charge < -0.3 is 10.0 Å². The Bertz CT molecular complexity index is 784. The standard InChI is InChI=1S/C17H20N4O3/c1-10-7-13(17(23)24)4-3-12(10)8-15(22)21-6-5-14(9-21)16-18-11(2)19-20-16/h3-4,7,14H,5-6,8-9H2,1-2H3,(H,23,24)(H,18,19,20). The summed E-state index contributed by atoms with van der Waals surface area (Å²) in [5.74, 6) is 0.819. The molecule has 7 heteroatoms. The lowest BCUT2D eigenvalue weighted by atomic mass is 10.0. The van der Waals surface area contributed by atoms with Gasteiger partial charge in [0.15, 0.2) is 5.82 Å². The van der Waals surface area contributed by atoms with Crippen LogP contribution in [0.1, 0.15) is 45.5 Å². The molecule has 3 rings (SSSR count). The van der Waals surface area contributed by atoms with Crippen LogP contribution in [0.3, 0.4) is 0 Å². The normalized spacial score (nSPS) is 17.2. The molecule has 0 aliphatic carbocycles. The number of rotatable bonds is 4. The summed E-state index contributed by atoms with van der Waals surface area (Å²) >= 11 is 0. The molecule has 1 aliphatic rings. The number of H-pyrrole nitrogens is 1. The topological polar surface area (TPSA) is 99.2 Å². The highest BCUT2D eigenvalue weighted by molar-refractivity contribution is 5.88. The number of benzene rings is 1. The summed E-state index contributed by atoms with van der Waals surface area (Å²) < 4.78 is 0. The second-order valence-corrected chi connectivity index (χ2v) is 6.23. The number of likely N-dealkylation sites (tertiary alicyclic amines) is 1. The molecule has 126 valence electrons. The van der Waals surface area contributed by atoms with E-state index < -0.39 is 5.97 Å². The van der Waals surface area contributed by atoms with Gasteiger partial charge in [0.25, 0.3) is 0 Å². The highest BCUT2D eigenvalue weighted by Gasteiger charge is 2.29. The number of hydrogen-bond donors (Lipinski definition) is 2. The van der Waals surface area contributed by atoms with Gasteiger partial charge in [-0.1, -0.05) is 6.07 Å². The van der Waals surface area contributed by atoms with Crippen LogP contribution in [0.25, 0.3) is 0 Å². The van der Waals surface area contributed by atoms with Crippen molar-refractivity contribution >= 4 is 11.9 Å². The molecule has 1 atom stereocenters. The van der Waals surface area contributed by atoms with Crippen molar-refractivity contribution in [3.63, 3.8) is 0 Å². The minimum absolute atomic E-state index is 0.0518. The van der Waals surface area contributed by atoms with E-state index in [0.29, 0.717) is 13.1 Å². The zero-order valence-electron chi connectivity index (χ0n) is 13.7. The maximum absolute atomic E-state index is 12.5. The van der Waals surface area contributed by atoms with Gasteiger partial charge >= 0.3 is 5.97 Å². The van der Waals surface area contributed by atoms with Crippen molar-refractivity contribution in [3.8, 4) is 0 Å². The van der Waals surface area contributed by atoms with Crippen LogP contribution < -0.4 is 0 Å². The van der Waals surface area contributed by atoms with E-state index in [9.17, 15) is 9.59 Å². The summed E-state index contributed by atoms with van der Waals surface area (Å²) in [6.07, 6.45) is 1.14. The van der Waals surface area contributed by atoms with Crippen LogP contribution in [0.2, 0.25) is 0 Å². The van der Waals surface area contributed by atoms with Crippen molar-refractivity contribution in [2.75, 3.05) is 13.1 Å². The molecular formula is C17H20N4O3.